The zero-order valence-corrected chi connectivity index (χ0v) is 18.4. The molecule has 1 aliphatic rings. The summed E-state index contributed by atoms with van der Waals surface area (Å²) in [6.07, 6.45) is -2.71. The van der Waals surface area contributed by atoms with E-state index in [1.54, 1.807) is 0 Å². The van der Waals surface area contributed by atoms with E-state index < -0.39 is 29.5 Å². The summed E-state index contributed by atoms with van der Waals surface area (Å²) in [5.41, 5.74) is -0.963. The molecule has 0 bridgehead atoms. The molecule has 0 saturated carbocycles. The summed E-state index contributed by atoms with van der Waals surface area (Å²) in [6.45, 7) is 4.28. The number of rotatable bonds is 3. The van der Waals surface area contributed by atoms with Gasteiger partial charge in [-0.25, -0.2) is 18.9 Å². The summed E-state index contributed by atoms with van der Waals surface area (Å²) in [5.74, 6) is -0.943. The molecule has 34 heavy (non-hydrogen) atoms. The van der Waals surface area contributed by atoms with Gasteiger partial charge in [0.1, 0.15) is 11.7 Å². The number of amides is 1. The Hall–Kier alpha value is -3.70. The van der Waals surface area contributed by atoms with Crippen LogP contribution in [0.2, 0.25) is 0 Å². The van der Waals surface area contributed by atoms with Crippen molar-refractivity contribution in [3.8, 4) is 0 Å². The van der Waals surface area contributed by atoms with Crippen molar-refractivity contribution < 1.29 is 26.8 Å². The number of fused-ring (bicyclic) bond motifs is 2. The lowest BCUT2D eigenvalue weighted by atomic mass is 9.99. The maximum Gasteiger partial charge on any atom is 0.433 e. The molecule has 0 radical (unpaired) electrons. The van der Waals surface area contributed by atoms with Crippen LogP contribution in [0, 0.1) is 6.92 Å². The molecule has 1 atom stereocenters. The van der Waals surface area contributed by atoms with E-state index in [2.05, 4.69) is 20.1 Å². The average Bonchev–Trinajstić information content (AvgIpc) is 3.48. The topological polar surface area (TPSA) is 92.3 Å². The molecule has 12 heteroatoms. The first-order valence-corrected chi connectivity index (χ1v) is 10.5. The van der Waals surface area contributed by atoms with Crippen molar-refractivity contribution in [3.63, 3.8) is 0 Å². The van der Waals surface area contributed by atoms with Crippen molar-refractivity contribution in [2.75, 3.05) is 6.54 Å². The highest BCUT2D eigenvalue weighted by molar-refractivity contribution is 5.93. The second-order valence-electron chi connectivity index (χ2n) is 8.64. The SMILES string of the molecule is Cc1nc(C(C)(C)F)oc1C(=O)N1CCc2[nH]cnc2[C@H]1c1cc2cccc(C(F)(F)F)n2n1. The zero-order chi connectivity index (χ0) is 24.4. The Morgan fingerprint density at radius 3 is 2.68 bits per heavy atom. The van der Waals surface area contributed by atoms with E-state index in [4.69, 9.17) is 4.42 Å². The van der Waals surface area contributed by atoms with E-state index in [0.29, 0.717) is 12.1 Å². The zero-order valence-electron chi connectivity index (χ0n) is 18.4. The van der Waals surface area contributed by atoms with Gasteiger partial charge in [0, 0.05) is 18.7 Å². The van der Waals surface area contributed by atoms with Crippen LogP contribution in [0.3, 0.4) is 0 Å². The first-order valence-electron chi connectivity index (χ1n) is 10.5. The summed E-state index contributed by atoms with van der Waals surface area (Å²) in [6, 6.07) is 4.35. The van der Waals surface area contributed by atoms with Gasteiger partial charge in [-0.2, -0.15) is 18.3 Å². The number of pyridine rings is 1. The van der Waals surface area contributed by atoms with E-state index in [-0.39, 0.29) is 35.1 Å². The molecule has 5 heterocycles. The Morgan fingerprint density at radius 1 is 1.24 bits per heavy atom. The lowest BCUT2D eigenvalue weighted by Gasteiger charge is -2.33. The molecule has 0 aliphatic carbocycles. The molecule has 0 aromatic carbocycles. The largest absolute Gasteiger partial charge is 0.433 e. The minimum atomic E-state index is -4.62. The molecule has 1 aliphatic heterocycles. The highest BCUT2D eigenvalue weighted by Gasteiger charge is 2.40. The Bertz CT molecular complexity index is 1390. The molecule has 4 aromatic heterocycles. The smallest absolute Gasteiger partial charge is 0.432 e. The first-order chi connectivity index (χ1) is 15.9. The number of hydrogen-bond acceptors (Lipinski definition) is 5. The van der Waals surface area contributed by atoms with Gasteiger partial charge in [0.05, 0.1) is 28.9 Å². The molecular weight excluding hydrogens is 456 g/mol. The number of hydrogen-bond donors (Lipinski definition) is 1. The maximum atomic E-state index is 14.4. The van der Waals surface area contributed by atoms with Crippen LogP contribution in [0.5, 0.6) is 0 Å². The van der Waals surface area contributed by atoms with Crippen molar-refractivity contribution in [1.82, 2.24) is 29.5 Å². The Labute approximate surface area is 190 Å². The monoisotopic (exact) mass is 476 g/mol. The number of oxazole rings is 1. The van der Waals surface area contributed by atoms with E-state index in [9.17, 15) is 22.4 Å². The summed E-state index contributed by atoms with van der Waals surface area (Å²) < 4.78 is 61.3. The predicted octanol–water partition coefficient (Wildman–Crippen LogP) is 4.37. The standard InChI is InChI=1S/C22H20F4N6O2/c1-11-18(34-20(29-11)21(2,3)23)19(33)31-8-7-13-16(28-10-27-13)17(31)14-9-12-5-4-6-15(22(24,25)26)32(12)30-14/h4-6,9-10,17H,7-8H2,1-3H3,(H,27,28)/t17-/m1/s1. The van der Waals surface area contributed by atoms with Crippen molar-refractivity contribution in [2.45, 2.75) is 45.1 Å². The Kier molecular flexibility index (Phi) is 4.81. The molecule has 4 aromatic rings. The van der Waals surface area contributed by atoms with Gasteiger partial charge in [0.25, 0.3) is 5.91 Å². The number of imidazole rings is 1. The number of aryl methyl sites for hydroxylation is 1. The molecule has 178 valence electrons. The number of alkyl halides is 4. The van der Waals surface area contributed by atoms with E-state index in [0.717, 1.165) is 16.3 Å². The van der Waals surface area contributed by atoms with Crippen molar-refractivity contribution in [3.05, 3.63) is 70.7 Å². The highest BCUT2D eigenvalue weighted by Crippen LogP contribution is 2.37. The lowest BCUT2D eigenvalue weighted by molar-refractivity contribution is -0.142. The van der Waals surface area contributed by atoms with Gasteiger partial charge in [-0.1, -0.05) is 6.07 Å². The lowest BCUT2D eigenvalue weighted by Crippen LogP contribution is -2.41. The Balaban J connectivity index is 1.63. The van der Waals surface area contributed by atoms with Crippen LogP contribution in [0.15, 0.2) is 35.0 Å². The van der Waals surface area contributed by atoms with Crippen LogP contribution in [-0.2, 0) is 18.3 Å². The quantitative estimate of drug-likeness (QED) is 0.444. The van der Waals surface area contributed by atoms with Crippen LogP contribution in [0.25, 0.3) is 5.52 Å². The number of aromatic nitrogens is 5. The molecule has 0 saturated heterocycles. The minimum absolute atomic E-state index is 0.135. The van der Waals surface area contributed by atoms with Crippen LogP contribution in [0.4, 0.5) is 17.6 Å². The van der Waals surface area contributed by atoms with Gasteiger partial charge >= 0.3 is 6.18 Å². The number of nitrogens with one attached hydrogen (secondary N) is 1. The maximum absolute atomic E-state index is 14.4. The normalized spacial score (nSPS) is 16.8. The van der Waals surface area contributed by atoms with E-state index in [1.807, 2.05) is 0 Å². The second kappa shape index (κ2) is 7.40. The summed E-state index contributed by atoms with van der Waals surface area (Å²) >= 11 is 0. The summed E-state index contributed by atoms with van der Waals surface area (Å²) in [7, 11) is 0. The van der Waals surface area contributed by atoms with Gasteiger partial charge in [-0.15, -0.1) is 0 Å². The fraction of sp³-hybridized carbons (Fsp3) is 0.364. The molecule has 1 N–H and O–H groups in total. The minimum Gasteiger partial charge on any atom is -0.432 e. The number of aromatic amines is 1. The molecule has 0 fully saturated rings. The van der Waals surface area contributed by atoms with Crippen LogP contribution < -0.4 is 0 Å². The van der Waals surface area contributed by atoms with Gasteiger partial charge in [-0.3, -0.25) is 4.79 Å². The van der Waals surface area contributed by atoms with Gasteiger partial charge in [0.2, 0.25) is 11.7 Å². The third-order valence-corrected chi connectivity index (χ3v) is 5.76. The summed E-state index contributed by atoms with van der Waals surface area (Å²) in [5, 5.41) is 4.22. The number of H-pyrrole nitrogens is 1. The highest BCUT2D eigenvalue weighted by atomic mass is 19.4. The van der Waals surface area contributed by atoms with Crippen molar-refractivity contribution in [2.24, 2.45) is 0 Å². The molecule has 5 rings (SSSR count). The second-order valence-corrected chi connectivity index (χ2v) is 8.64. The van der Waals surface area contributed by atoms with Crippen LogP contribution in [-0.4, -0.2) is 41.9 Å². The van der Waals surface area contributed by atoms with E-state index >= 15 is 0 Å². The van der Waals surface area contributed by atoms with Gasteiger partial charge in [-0.05, 0) is 39.0 Å². The number of halogens is 4. The average molecular weight is 476 g/mol. The number of carbonyl (C=O) groups excluding carboxylic acids is 1. The van der Waals surface area contributed by atoms with Gasteiger partial charge in [0.15, 0.2) is 5.67 Å². The predicted molar refractivity (Wildman–Crippen MR) is 111 cm³/mol. The van der Waals surface area contributed by atoms with Crippen LogP contribution >= 0.6 is 0 Å². The molecule has 0 unspecified atom stereocenters. The first kappa shape index (κ1) is 22.1. The van der Waals surface area contributed by atoms with Crippen LogP contribution in [0.1, 0.15) is 64.8 Å². The fourth-order valence-corrected chi connectivity index (χ4v) is 4.16. The van der Waals surface area contributed by atoms with Crippen molar-refractivity contribution in [1.29, 1.82) is 0 Å². The number of carbonyl (C=O) groups is 1. The third-order valence-electron chi connectivity index (χ3n) is 5.76. The molecule has 8 nitrogen and oxygen atoms in total. The molecule has 0 spiro atoms. The third kappa shape index (κ3) is 3.53. The molecule has 1 amide bonds. The summed E-state index contributed by atoms with van der Waals surface area (Å²) in [4.78, 5) is 26.3. The fourth-order valence-electron chi connectivity index (χ4n) is 4.16. The Morgan fingerprint density at radius 2 is 2.00 bits per heavy atom. The molecular formula is C22H20F4N6O2. The van der Waals surface area contributed by atoms with Crippen molar-refractivity contribution >= 4 is 11.4 Å². The number of nitrogens with zero attached hydrogens (tertiary/aromatic N) is 5. The van der Waals surface area contributed by atoms with Gasteiger partial charge < -0.3 is 14.3 Å². The van der Waals surface area contributed by atoms with E-state index in [1.165, 1.54) is 50.2 Å².